The van der Waals surface area contributed by atoms with Crippen LogP contribution >= 0.6 is 23.2 Å². The molecule has 1 aromatic rings. The summed E-state index contributed by atoms with van der Waals surface area (Å²) in [6, 6.07) is 3.76. The molecule has 0 aliphatic carbocycles. The number of aryl methyl sites for hydroxylation is 1. The summed E-state index contributed by atoms with van der Waals surface area (Å²) < 4.78 is 5.75. The Balaban J connectivity index is 1.93. The monoisotopic (exact) mass is 302 g/mol. The number of halogens is 2. The largest absolute Gasteiger partial charge is 0.381 e. The van der Waals surface area contributed by atoms with Gasteiger partial charge in [0, 0.05) is 24.7 Å². The van der Waals surface area contributed by atoms with Gasteiger partial charge in [0.2, 0.25) is 0 Å². The molecule has 0 aromatic heterocycles. The zero-order valence-electron chi connectivity index (χ0n) is 11.4. The van der Waals surface area contributed by atoms with Crippen molar-refractivity contribution in [2.75, 3.05) is 38.1 Å². The van der Waals surface area contributed by atoms with Crippen LogP contribution < -0.4 is 5.32 Å². The Bertz CT molecular complexity index is 440. The summed E-state index contributed by atoms with van der Waals surface area (Å²) in [5.41, 5.74) is 1.86. The number of likely N-dealkylation sites (N-methyl/N-ethyl adjacent to an activating group) is 1. The highest BCUT2D eigenvalue weighted by Gasteiger charge is 2.19. The SMILES string of the molecule is CCN1CCOC(CNc2cc(Cl)c(C)cc2Cl)C1. The number of nitrogens with zero attached hydrogens (tertiary/aromatic N) is 1. The van der Waals surface area contributed by atoms with Gasteiger partial charge in [-0.05, 0) is 31.2 Å². The van der Waals surface area contributed by atoms with Gasteiger partial charge in [-0.15, -0.1) is 0 Å². The van der Waals surface area contributed by atoms with E-state index in [-0.39, 0.29) is 6.10 Å². The second-order valence-electron chi connectivity index (χ2n) is 4.85. The van der Waals surface area contributed by atoms with Gasteiger partial charge in [0.1, 0.15) is 0 Å². The topological polar surface area (TPSA) is 24.5 Å². The number of nitrogens with one attached hydrogen (secondary N) is 1. The van der Waals surface area contributed by atoms with Crippen LogP contribution in [0.3, 0.4) is 0 Å². The standard InChI is InChI=1S/C14H20Cl2N2O/c1-3-18-4-5-19-11(9-18)8-17-14-7-12(15)10(2)6-13(14)16/h6-7,11,17H,3-5,8-9H2,1-2H3. The fourth-order valence-electron chi connectivity index (χ4n) is 2.20. The van der Waals surface area contributed by atoms with Crippen molar-refractivity contribution < 1.29 is 4.74 Å². The van der Waals surface area contributed by atoms with Crippen LogP contribution in [0.1, 0.15) is 12.5 Å². The molecular weight excluding hydrogens is 283 g/mol. The van der Waals surface area contributed by atoms with E-state index in [9.17, 15) is 0 Å². The third-order valence-corrected chi connectivity index (χ3v) is 4.16. The van der Waals surface area contributed by atoms with Crippen LogP contribution in [-0.4, -0.2) is 43.8 Å². The van der Waals surface area contributed by atoms with Crippen molar-refractivity contribution >= 4 is 28.9 Å². The smallest absolute Gasteiger partial charge is 0.0874 e. The Morgan fingerprint density at radius 1 is 1.37 bits per heavy atom. The molecule has 2 rings (SSSR count). The van der Waals surface area contributed by atoms with Crippen LogP contribution in [0.2, 0.25) is 10.0 Å². The second kappa shape index (κ2) is 6.80. The van der Waals surface area contributed by atoms with Gasteiger partial charge in [0.05, 0.1) is 23.4 Å². The first-order chi connectivity index (χ1) is 9.10. The minimum atomic E-state index is 0.199. The predicted molar refractivity (Wildman–Crippen MR) is 81.5 cm³/mol. The summed E-state index contributed by atoms with van der Waals surface area (Å²) in [5.74, 6) is 0. The van der Waals surface area contributed by atoms with Crippen molar-refractivity contribution in [1.29, 1.82) is 0 Å². The maximum atomic E-state index is 6.20. The molecule has 106 valence electrons. The number of morpholine rings is 1. The molecular formula is C14H20Cl2N2O. The molecule has 0 saturated carbocycles. The molecule has 1 fully saturated rings. The zero-order valence-corrected chi connectivity index (χ0v) is 12.9. The Morgan fingerprint density at radius 2 is 2.16 bits per heavy atom. The van der Waals surface area contributed by atoms with Crippen molar-refractivity contribution in [2.24, 2.45) is 0 Å². The van der Waals surface area contributed by atoms with Gasteiger partial charge in [-0.1, -0.05) is 30.1 Å². The normalized spacial score (nSPS) is 20.5. The highest BCUT2D eigenvalue weighted by atomic mass is 35.5. The summed E-state index contributed by atoms with van der Waals surface area (Å²) in [6.07, 6.45) is 0.199. The van der Waals surface area contributed by atoms with Crippen LogP contribution in [0.5, 0.6) is 0 Å². The highest BCUT2D eigenvalue weighted by Crippen LogP contribution is 2.28. The minimum Gasteiger partial charge on any atom is -0.381 e. The summed E-state index contributed by atoms with van der Waals surface area (Å²) >= 11 is 12.3. The van der Waals surface area contributed by atoms with Gasteiger partial charge >= 0.3 is 0 Å². The molecule has 0 amide bonds. The lowest BCUT2D eigenvalue weighted by Crippen LogP contribution is -2.45. The molecule has 1 atom stereocenters. The van der Waals surface area contributed by atoms with E-state index in [0.717, 1.165) is 49.1 Å². The number of ether oxygens (including phenoxy) is 1. The third-order valence-electron chi connectivity index (χ3n) is 3.44. The average molecular weight is 303 g/mol. The van der Waals surface area contributed by atoms with E-state index >= 15 is 0 Å². The Labute approximate surface area is 124 Å². The van der Waals surface area contributed by atoms with Crippen molar-refractivity contribution in [3.05, 3.63) is 27.7 Å². The third kappa shape index (κ3) is 3.99. The Hall–Kier alpha value is -0.480. The number of benzene rings is 1. The second-order valence-corrected chi connectivity index (χ2v) is 5.66. The molecule has 1 N–H and O–H groups in total. The summed E-state index contributed by atoms with van der Waals surface area (Å²) in [7, 11) is 0. The van der Waals surface area contributed by atoms with E-state index in [4.69, 9.17) is 27.9 Å². The molecule has 0 bridgehead atoms. The van der Waals surface area contributed by atoms with Crippen LogP contribution in [0.15, 0.2) is 12.1 Å². The average Bonchev–Trinajstić information content (AvgIpc) is 2.41. The molecule has 1 unspecified atom stereocenters. The number of hydrogen-bond donors (Lipinski definition) is 1. The van der Waals surface area contributed by atoms with E-state index in [1.54, 1.807) is 0 Å². The van der Waals surface area contributed by atoms with Crippen LogP contribution in [0, 0.1) is 6.92 Å². The van der Waals surface area contributed by atoms with E-state index in [0.29, 0.717) is 5.02 Å². The first-order valence-electron chi connectivity index (χ1n) is 6.63. The molecule has 1 aliphatic rings. The van der Waals surface area contributed by atoms with Gasteiger partial charge < -0.3 is 10.1 Å². The molecule has 1 saturated heterocycles. The van der Waals surface area contributed by atoms with E-state index in [2.05, 4.69) is 17.1 Å². The van der Waals surface area contributed by atoms with Crippen molar-refractivity contribution in [2.45, 2.75) is 20.0 Å². The van der Waals surface area contributed by atoms with E-state index in [1.165, 1.54) is 0 Å². The fraction of sp³-hybridized carbons (Fsp3) is 0.571. The minimum absolute atomic E-state index is 0.199. The summed E-state index contributed by atoms with van der Waals surface area (Å²) in [5, 5.41) is 4.75. The summed E-state index contributed by atoms with van der Waals surface area (Å²) in [4.78, 5) is 2.39. The lowest BCUT2D eigenvalue weighted by Gasteiger charge is -2.32. The maximum absolute atomic E-state index is 6.20. The fourth-order valence-corrected chi connectivity index (χ4v) is 2.65. The molecule has 0 radical (unpaired) electrons. The summed E-state index contributed by atoms with van der Waals surface area (Å²) in [6.45, 7) is 8.70. The maximum Gasteiger partial charge on any atom is 0.0874 e. The van der Waals surface area contributed by atoms with Crippen molar-refractivity contribution in [1.82, 2.24) is 4.90 Å². The van der Waals surface area contributed by atoms with E-state index in [1.807, 2.05) is 19.1 Å². The van der Waals surface area contributed by atoms with Crippen LogP contribution in [-0.2, 0) is 4.74 Å². The zero-order chi connectivity index (χ0) is 13.8. The van der Waals surface area contributed by atoms with Crippen LogP contribution in [0.4, 0.5) is 5.69 Å². The first kappa shape index (κ1) is 14.9. The molecule has 5 heteroatoms. The highest BCUT2D eigenvalue weighted by molar-refractivity contribution is 6.35. The van der Waals surface area contributed by atoms with Gasteiger partial charge in [-0.2, -0.15) is 0 Å². The van der Waals surface area contributed by atoms with Gasteiger partial charge in [-0.25, -0.2) is 0 Å². The van der Waals surface area contributed by atoms with Gasteiger partial charge in [-0.3, -0.25) is 4.90 Å². The number of rotatable bonds is 4. The molecule has 19 heavy (non-hydrogen) atoms. The molecule has 1 heterocycles. The van der Waals surface area contributed by atoms with Crippen LogP contribution in [0.25, 0.3) is 0 Å². The first-order valence-corrected chi connectivity index (χ1v) is 7.39. The van der Waals surface area contributed by atoms with Crippen molar-refractivity contribution in [3.63, 3.8) is 0 Å². The lowest BCUT2D eigenvalue weighted by atomic mass is 10.2. The van der Waals surface area contributed by atoms with Gasteiger partial charge in [0.25, 0.3) is 0 Å². The van der Waals surface area contributed by atoms with E-state index < -0.39 is 0 Å². The Kier molecular flexibility index (Phi) is 5.34. The lowest BCUT2D eigenvalue weighted by molar-refractivity contribution is -0.0191. The molecule has 1 aromatic carbocycles. The quantitative estimate of drug-likeness (QED) is 0.922. The number of hydrogen-bond acceptors (Lipinski definition) is 3. The molecule has 3 nitrogen and oxygen atoms in total. The Morgan fingerprint density at radius 3 is 2.89 bits per heavy atom. The van der Waals surface area contributed by atoms with Gasteiger partial charge in [0.15, 0.2) is 0 Å². The number of anilines is 1. The molecule has 1 aliphatic heterocycles. The predicted octanol–water partition coefficient (Wildman–Crippen LogP) is 3.43. The molecule has 0 spiro atoms. The van der Waals surface area contributed by atoms with Crippen molar-refractivity contribution in [3.8, 4) is 0 Å².